The van der Waals surface area contributed by atoms with E-state index in [4.69, 9.17) is 10.5 Å². The van der Waals surface area contributed by atoms with E-state index in [1.165, 1.54) is 42.4 Å². The molecule has 2 N–H and O–H groups in total. The summed E-state index contributed by atoms with van der Waals surface area (Å²) in [5, 5.41) is 0. The monoisotopic (exact) mass is 261 g/mol. The Hall–Kier alpha value is -0.860. The van der Waals surface area contributed by atoms with Gasteiger partial charge < -0.3 is 10.5 Å². The van der Waals surface area contributed by atoms with Crippen LogP contribution in [0.4, 0.5) is 0 Å². The van der Waals surface area contributed by atoms with Crippen LogP contribution in [0, 0.1) is 19.8 Å². The van der Waals surface area contributed by atoms with Gasteiger partial charge in [-0.1, -0.05) is 43.5 Å². The molecule has 1 aliphatic carbocycles. The zero-order chi connectivity index (χ0) is 13.8. The smallest absolute Gasteiger partial charge is 0.0663 e. The third-order valence-electron chi connectivity index (χ3n) is 4.23. The topological polar surface area (TPSA) is 35.2 Å². The maximum atomic E-state index is 6.29. The van der Waals surface area contributed by atoms with E-state index in [1.54, 1.807) is 0 Å². The lowest BCUT2D eigenvalue weighted by molar-refractivity contribution is 0.00845. The molecule has 0 amide bonds. The van der Waals surface area contributed by atoms with E-state index in [-0.39, 0.29) is 6.04 Å². The molecule has 3 atom stereocenters. The van der Waals surface area contributed by atoms with Crippen LogP contribution in [0.3, 0.4) is 0 Å². The second-order valence-corrected chi connectivity index (χ2v) is 6.19. The highest BCUT2D eigenvalue weighted by molar-refractivity contribution is 5.32. The molecule has 0 spiro atoms. The normalized spacial score (nSPS) is 25.3. The highest BCUT2D eigenvalue weighted by Crippen LogP contribution is 2.27. The summed E-state index contributed by atoms with van der Waals surface area (Å²) in [4.78, 5) is 0. The Labute approximate surface area is 117 Å². The number of benzene rings is 1. The van der Waals surface area contributed by atoms with Crippen LogP contribution in [-0.2, 0) is 4.74 Å². The van der Waals surface area contributed by atoms with E-state index < -0.39 is 0 Å². The van der Waals surface area contributed by atoms with Crippen molar-refractivity contribution in [3.8, 4) is 0 Å². The zero-order valence-electron chi connectivity index (χ0n) is 12.5. The van der Waals surface area contributed by atoms with Gasteiger partial charge in [0.2, 0.25) is 0 Å². The fourth-order valence-corrected chi connectivity index (χ4v) is 3.02. The zero-order valence-corrected chi connectivity index (χ0v) is 12.5. The number of hydrogen-bond donors (Lipinski definition) is 1. The second kappa shape index (κ2) is 6.53. The number of nitrogens with two attached hydrogens (primary N) is 1. The van der Waals surface area contributed by atoms with Crippen molar-refractivity contribution in [2.45, 2.75) is 58.6 Å². The van der Waals surface area contributed by atoms with Crippen molar-refractivity contribution >= 4 is 0 Å². The van der Waals surface area contributed by atoms with Crippen molar-refractivity contribution in [2.24, 2.45) is 11.7 Å². The van der Waals surface area contributed by atoms with Gasteiger partial charge in [-0.2, -0.15) is 0 Å². The lowest BCUT2D eigenvalue weighted by atomic mass is 9.88. The van der Waals surface area contributed by atoms with Crippen LogP contribution in [0.25, 0.3) is 0 Å². The Kier molecular flexibility index (Phi) is 5.00. The molecule has 1 aromatic carbocycles. The Bertz CT molecular complexity index is 416. The van der Waals surface area contributed by atoms with Gasteiger partial charge in [0.1, 0.15) is 0 Å². The molecule has 0 saturated heterocycles. The van der Waals surface area contributed by atoms with Crippen molar-refractivity contribution in [2.75, 3.05) is 6.61 Å². The van der Waals surface area contributed by atoms with Crippen molar-refractivity contribution in [3.05, 3.63) is 34.9 Å². The molecule has 0 radical (unpaired) electrons. The molecule has 0 bridgehead atoms. The lowest BCUT2D eigenvalue weighted by Gasteiger charge is -2.28. The first-order chi connectivity index (χ1) is 9.06. The summed E-state index contributed by atoms with van der Waals surface area (Å²) in [5.41, 5.74) is 10.0. The van der Waals surface area contributed by atoms with E-state index in [1.807, 2.05) is 0 Å². The van der Waals surface area contributed by atoms with Gasteiger partial charge in [0.25, 0.3) is 0 Å². The first-order valence-electron chi connectivity index (χ1n) is 7.50. The molecule has 0 heterocycles. The van der Waals surface area contributed by atoms with Crippen molar-refractivity contribution in [1.82, 2.24) is 0 Å². The fraction of sp³-hybridized carbons (Fsp3) is 0.647. The van der Waals surface area contributed by atoms with Gasteiger partial charge in [0.15, 0.2) is 0 Å². The third-order valence-corrected chi connectivity index (χ3v) is 4.23. The minimum absolute atomic E-state index is 0.00265. The fourth-order valence-electron chi connectivity index (χ4n) is 3.02. The van der Waals surface area contributed by atoms with E-state index in [9.17, 15) is 0 Å². The molecular formula is C17H27NO. The Morgan fingerprint density at radius 3 is 2.84 bits per heavy atom. The van der Waals surface area contributed by atoms with E-state index in [0.717, 1.165) is 5.92 Å². The summed E-state index contributed by atoms with van der Waals surface area (Å²) < 4.78 is 6.04. The van der Waals surface area contributed by atoms with E-state index >= 15 is 0 Å². The van der Waals surface area contributed by atoms with Gasteiger partial charge in [-0.3, -0.25) is 0 Å². The van der Waals surface area contributed by atoms with Crippen LogP contribution in [0.1, 0.15) is 55.3 Å². The van der Waals surface area contributed by atoms with Gasteiger partial charge >= 0.3 is 0 Å². The summed E-state index contributed by atoms with van der Waals surface area (Å²) in [6, 6.07) is 6.46. The third kappa shape index (κ3) is 4.05. The Morgan fingerprint density at radius 2 is 2.11 bits per heavy atom. The highest BCUT2D eigenvalue weighted by Gasteiger charge is 2.20. The van der Waals surface area contributed by atoms with Crippen molar-refractivity contribution < 1.29 is 4.74 Å². The predicted molar refractivity (Wildman–Crippen MR) is 80.2 cm³/mol. The van der Waals surface area contributed by atoms with Crippen molar-refractivity contribution in [1.29, 1.82) is 0 Å². The van der Waals surface area contributed by atoms with Crippen LogP contribution in [0.15, 0.2) is 18.2 Å². The van der Waals surface area contributed by atoms with Gasteiger partial charge in [0, 0.05) is 0 Å². The number of rotatable bonds is 4. The van der Waals surface area contributed by atoms with E-state index in [2.05, 4.69) is 39.0 Å². The minimum Gasteiger partial charge on any atom is -0.376 e. The molecule has 2 rings (SSSR count). The Morgan fingerprint density at radius 1 is 1.32 bits per heavy atom. The second-order valence-electron chi connectivity index (χ2n) is 6.19. The molecule has 19 heavy (non-hydrogen) atoms. The van der Waals surface area contributed by atoms with Crippen LogP contribution >= 0.6 is 0 Å². The molecule has 2 nitrogen and oxygen atoms in total. The first kappa shape index (κ1) is 14.5. The van der Waals surface area contributed by atoms with Crippen LogP contribution in [-0.4, -0.2) is 12.7 Å². The largest absolute Gasteiger partial charge is 0.376 e. The molecule has 106 valence electrons. The molecule has 1 aromatic rings. The molecule has 1 aliphatic rings. The number of ether oxygens (including phenoxy) is 1. The van der Waals surface area contributed by atoms with Gasteiger partial charge in [-0.25, -0.2) is 0 Å². The van der Waals surface area contributed by atoms with Gasteiger partial charge in [-0.05, 0) is 43.7 Å². The van der Waals surface area contributed by atoms with Gasteiger partial charge in [-0.15, -0.1) is 0 Å². The summed E-state index contributed by atoms with van der Waals surface area (Å²) in [6.07, 6.45) is 5.46. The maximum Gasteiger partial charge on any atom is 0.0663 e. The van der Waals surface area contributed by atoms with Crippen LogP contribution in [0.2, 0.25) is 0 Å². The molecule has 1 fully saturated rings. The first-order valence-corrected chi connectivity index (χ1v) is 7.50. The van der Waals surface area contributed by atoms with Crippen molar-refractivity contribution in [3.63, 3.8) is 0 Å². The van der Waals surface area contributed by atoms with E-state index in [0.29, 0.717) is 12.7 Å². The summed E-state index contributed by atoms with van der Waals surface area (Å²) in [5.74, 6) is 0.802. The maximum absolute atomic E-state index is 6.29. The molecule has 0 aliphatic heterocycles. The standard InChI is InChI=1S/C17H27NO/c1-12-5-4-6-15(9-12)19-11-17(18)16-10-13(2)7-8-14(16)3/h7-8,10,12,15,17H,4-6,9,11,18H2,1-3H3. The minimum atomic E-state index is -0.00265. The number of aryl methyl sites for hydroxylation is 2. The molecular weight excluding hydrogens is 234 g/mol. The molecule has 1 saturated carbocycles. The number of hydrogen-bond acceptors (Lipinski definition) is 2. The molecule has 3 unspecified atom stereocenters. The highest BCUT2D eigenvalue weighted by atomic mass is 16.5. The SMILES string of the molecule is Cc1ccc(C)c(C(N)COC2CCCC(C)C2)c1. The summed E-state index contributed by atoms with van der Waals surface area (Å²) in [6.45, 7) is 7.19. The summed E-state index contributed by atoms with van der Waals surface area (Å²) in [7, 11) is 0. The Balaban J connectivity index is 1.90. The summed E-state index contributed by atoms with van der Waals surface area (Å²) >= 11 is 0. The molecule has 0 aromatic heterocycles. The molecule has 2 heteroatoms. The average Bonchev–Trinajstić information content (AvgIpc) is 2.39. The average molecular weight is 261 g/mol. The lowest BCUT2D eigenvalue weighted by Crippen LogP contribution is -2.26. The quantitative estimate of drug-likeness (QED) is 0.892. The van der Waals surface area contributed by atoms with Crippen LogP contribution < -0.4 is 5.73 Å². The van der Waals surface area contributed by atoms with Gasteiger partial charge in [0.05, 0.1) is 18.8 Å². The predicted octanol–water partition coefficient (Wildman–Crippen LogP) is 3.90. The van der Waals surface area contributed by atoms with Crippen LogP contribution in [0.5, 0.6) is 0 Å².